The monoisotopic (exact) mass is 420 g/mol. The van der Waals surface area contributed by atoms with Crippen molar-refractivity contribution in [3.05, 3.63) is 65.2 Å². The number of ether oxygens (including phenoxy) is 1. The molecule has 0 aromatic heterocycles. The largest absolute Gasteiger partial charge is 0.496 e. The van der Waals surface area contributed by atoms with Crippen molar-refractivity contribution >= 4 is 11.8 Å². The second kappa shape index (κ2) is 9.13. The van der Waals surface area contributed by atoms with Crippen LogP contribution in [0.15, 0.2) is 48.5 Å². The lowest BCUT2D eigenvalue weighted by Crippen LogP contribution is -2.60. The van der Waals surface area contributed by atoms with Gasteiger partial charge in [0.25, 0.3) is 5.91 Å². The molecular formula is C26H32N2O3. The van der Waals surface area contributed by atoms with E-state index in [1.807, 2.05) is 53.4 Å². The summed E-state index contributed by atoms with van der Waals surface area (Å²) < 4.78 is 5.44. The van der Waals surface area contributed by atoms with Gasteiger partial charge in [0.15, 0.2) is 0 Å². The molecule has 0 bridgehead atoms. The first-order valence-electron chi connectivity index (χ1n) is 11.4. The molecule has 0 saturated heterocycles. The van der Waals surface area contributed by atoms with Crippen LogP contribution in [0, 0.1) is 0 Å². The van der Waals surface area contributed by atoms with Crippen LogP contribution in [0.25, 0.3) is 0 Å². The smallest absolute Gasteiger partial charge is 0.254 e. The summed E-state index contributed by atoms with van der Waals surface area (Å²) in [6, 6.07) is 15.4. The number of benzene rings is 2. The molecule has 1 aliphatic heterocycles. The zero-order valence-electron chi connectivity index (χ0n) is 18.5. The number of rotatable bonds is 7. The first-order valence-corrected chi connectivity index (χ1v) is 11.4. The number of carbonyl (C=O) groups is 2. The van der Waals surface area contributed by atoms with E-state index in [9.17, 15) is 9.59 Å². The van der Waals surface area contributed by atoms with Gasteiger partial charge in [0.1, 0.15) is 5.75 Å². The molecule has 1 atom stereocenters. The van der Waals surface area contributed by atoms with Crippen LogP contribution in [-0.4, -0.2) is 35.9 Å². The second-order valence-electron chi connectivity index (χ2n) is 8.67. The fourth-order valence-corrected chi connectivity index (χ4v) is 5.44. The summed E-state index contributed by atoms with van der Waals surface area (Å²) in [5.41, 5.74) is 2.07. The highest BCUT2D eigenvalue weighted by molar-refractivity contribution is 6.02. The summed E-state index contributed by atoms with van der Waals surface area (Å²) in [5, 5.41) is 3.17. The third-order valence-electron chi connectivity index (χ3n) is 6.93. The number of hydrogen-bond acceptors (Lipinski definition) is 3. The zero-order valence-corrected chi connectivity index (χ0v) is 18.5. The first-order chi connectivity index (χ1) is 15.1. The van der Waals surface area contributed by atoms with Crippen LogP contribution >= 0.6 is 0 Å². The van der Waals surface area contributed by atoms with Gasteiger partial charge < -0.3 is 15.0 Å². The number of carbonyl (C=O) groups excluding carboxylic acids is 2. The minimum absolute atomic E-state index is 0.00532. The van der Waals surface area contributed by atoms with Gasteiger partial charge in [-0.15, -0.1) is 0 Å². The Hall–Kier alpha value is -2.82. The fourth-order valence-electron chi connectivity index (χ4n) is 5.44. The molecule has 164 valence electrons. The van der Waals surface area contributed by atoms with Crippen molar-refractivity contribution in [2.24, 2.45) is 0 Å². The second-order valence-corrected chi connectivity index (χ2v) is 8.67. The van der Waals surface area contributed by atoms with Gasteiger partial charge in [0.2, 0.25) is 5.91 Å². The molecule has 1 aliphatic carbocycles. The predicted molar refractivity (Wildman–Crippen MR) is 121 cm³/mol. The Labute approximate surface area is 184 Å². The number of unbranched alkanes of at least 4 members (excludes halogenated alkanes) is 1. The number of hydrogen-bond donors (Lipinski definition) is 1. The van der Waals surface area contributed by atoms with Crippen molar-refractivity contribution in [1.29, 1.82) is 0 Å². The minimum Gasteiger partial charge on any atom is -0.496 e. The molecule has 1 fully saturated rings. The standard InChI is InChI=1S/C26H32N2O3/c1-3-4-17-28-25(30)21-13-7-6-12-20(21)23(26(28)15-9-10-16-26)24(29)27-18-19-11-5-8-14-22(19)31-2/h5-8,11-14,23H,3-4,9-10,15-18H2,1-2H3,(H,27,29). The third-order valence-corrected chi connectivity index (χ3v) is 6.93. The van der Waals surface area contributed by atoms with Gasteiger partial charge in [0, 0.05) is 24.2 Å². The Morgan fingerprint density at radius 1 is 1.13 bits per heavy atom. The van der Waals surface area contributed by atoms with Gasteiger partial charge in [-0.1, -0.05) is 62.6 Å². The Bertz CT molecular complexity index is 949. The molecule has 5 nitrogen and oxygen atoms in total. The molecule has 1 N–H and O–H groups in total. The Balaban J connectivity index is 1.70. The normalized spacial score (nSPS) is 19.4. The highest BCUT2D eigenvalue weighted by atomic mass is 16.5. The van der Waals surface area contributed by atoms with E-state index in [1.165, 1.54) is 0 Å². The molecule has 1 heterocycles. The van der Waals surface area contributed by atoms with E-state index in [-0.39, 0.29) is 17.7 Å². The number of fused-ring (bicyclic) bond motifs is 1. The lowest BCUT2D eigenvalue weighted by molar-refractivity contribution is -0.126. The molecule has 2 aliphatic rings. The van der Waals surface area contributed by atoms with Gasteiger partial charge in [-0.2, -0.15) is 0 Å². The quantitative estimate of drug-likeness (QED) is 0.708. The van der Waals surface area contributed by atoms with Crippen molar-refractivity contribution in [3.8, 4) is 5.75 Å². The number of methoxy groups -OCH3 is 1. The van der Waals surface area contributed by atoms with Gasteiger partial charge in [-0.25, -0.2) is 0 Å². The van der Waals surface area contributed by atoms with Crippen LogP contribution in [0.4, 0.5) is 0 Å². The molecule has 31 heavy (non-hydrogen) atoms. The van der Waals surface area contributed by atoms with Crippen molar-refractivity contribution < 1.29 is 14.3 Å². The maximum Gasteiger partial charge on any atom is 0.254 e. The highest BCUT2D eigenvalue weighted by Gasteiger charge is 2.55. The summed E-state index contributed by atoms with van der Waals surface area (Å²) in [5.74, 6) is 0.492. The molecule has 4 rings (SSSR count). The lowest BCUT2D eigenvalue weighted by atomic mass is 9.71. The van der Waals surface area contributed by atoms with Crippen molar-refractivity contribution in [2.75, 3.05) is 13.7 Å². The highest BCUT2D eigenvalue weighted by Crippen LogP contribution is 2.50. The maximum absolute atomic E-state index is 13.7. The average Bonchev–Trinajstić information content (AvgIpc) is 3.27. The molecular weight excluding hydrogens is 388 g/mol. The summed E-state index contributed by atoms with van der Waals surface area (Å²) >= 11 is 0. The van der Waals surface area contributed by atoms with E-state index in [1.54, 1.807) is 7.11 Å². The number of nitrogens with zero attached hydrogens (tertiary/aromatic N) is 1. The predicted octanol–water partition coefficient (Wildman–Crippen LogP) is 4.66. The van der Waals surface area contributed by atoms with Crippen LogP contribution in [0.1, 0.15) is 72.9 Å². The summed E-state index contributed by atoms with van der Waals surface area (Å²) in [7, 11) is 1.64. The van der Waals surface area contributed by atoms with E-state index in [4.69, 9.17) is 4.74 Å². The summed E-state index contributed by atoms with van der Waals surface area (Å²) in [4.78, 5) is 29.3. The molecule has 2 amide bonds. The average molecular weight is 421 g/mol. The van der Waals surface area contributed by atoms with E-state index >= 15 is 0 Å². The Kier molecular flexibility index (Phi) is 6.30. The maximum atomic E-state index is 13.7. The number of para-hydroxylation sites is 1. The van der Waals surface area contributed by atoms with Crippen molar-refractivity contribution in [2.45, 2.75) is 63.5 Å². The fraction of sp³-hybridized carbons (Fsp3) is 0.462. The van der Waals surface area contributed by atoms with E-state index in [0.29, 0.717) is 18.7 Å². The SMILES string of the molecule is CCCCN1C(=O)c2ccccc2C(C(=O)NCc2ccccc2OC)C12CCCC2. The Morgan fingerprint density at radius 3 is 2.58 bits per heavy atom. The molecule has 1 saturated carbocycles. The van der Waals surface area contributed by atoms with Crippen molar-refractivity contribution in [1.82, 2.24) is 10.2 Å². The van der Waals surface area contributed by atoms with E-state index in [2.05, 4.69) is 12.2 Å². The summed E-state index contributed by atoms with van der Waals surface area (Å²) in [6.07, 6.45) is 5.83. The molecule has 2 aromatic carbocycles. The molecule has 0 radical (unpaired) electrons. The van der Waals surface area contributed by atoms with Crippen LogP contribution < -0.4 is 10.1 Å². The third kappa shape index (κ3) is 3.82. The molecule has 5 heteroatoms. The lowest BCUT2D eigenvalue weighted by Gasteiger charge is -2.50. The minimum atomic E-state index is -0.425. The molecule has 1 spiro atoms. The van der Waals surface area contributed by atoms with Crippen LogP contribution in [0.3, 0.4) is 0 Å². The Morgan fingerprint density at radius 2 is 1.84 bits per heavy atom. The molecule has 2 aromatic rings. The van der Waals surface area contributed by atoms with Crippen molar-refractivity contribution in [3.63, 3.8) is 0 Å². The van der Waals surface area contributed by atoms with E-state index in [0.717, 1.165) is 55.4 Å². The molecule has 1 unspecified atom stereocenters. The van der Waals surface area contributed by atoms with Gasteiger partial charge in [-0.3, -0.25) is 9.59 Å². The van der Waals surface area contributed by atoms with Crippen LogP contribution in [-0.2, 0) is 11.3 Å². The van der Waals surface area contributed by atoms with Gasteiger partial charge in [0.05, 0.1) is 18.6 Å². The van der Waals surface area contributed by atoms with Crippen LogP contribution in [0.2, 0.25) is 0 Å². The number of amides is 2. The first kappa shape index (κ1) is 21.4. The number of nitrogens with one attached hydrogen (secondary N) is 1. The summed E-state index contributed by atoms with van der Waals surface area (Å²) in [6.45, 7) is 3.25. The van der Waals surface area contributed by atoms with Gasteiger partial charge in [-0.05, 0) is 37.0 Å². The van der Waals surface area contributed by atoms with E-state index < -0.39 is 5.54 Å². The topological polar surface area (TPSA) is 58.6 Å². The van der Waals surface area contributed by atoms with Gasteiger partial charge >= 0.3 is 0 Å². The zero-order chi connectivity index (χ0) is 21.8. The van der Waals surface area contributed by atoms with Crippen LogP contribution in [0.5, 0.6) is 5.75 Å².